The molecule has 27 heavy (non-hydrogen) atoms. The summed E-state index contributed by atoms with van der Waals surface area (Å²) in [6.45, 7) is 0. The Labute approximate surface area is 161 Å². The standard InChI is InChI=1S/C20H18ClN3O3/c1-26-14-7-8-15(17(9-14)27-2)16-10-18(25)23-20-19(16)22-11-24(20)13-5-3-12(21)4-6-13/h3-9,11,16H,10H2,1-2H3,(H,23,25)/t16-/m0/s1. The molecule has 0 radical (unpaired) electrons. The molecule has 6 nitrogen and oxygen atoms in total. The molecule has 4 rings (SSSR count). The molecule has 0 saturated carbocycles. The second-order valence-corrected chi connectivity index (χ2v) is 6.67. The first-order valence-electron chi connectivity index (χ1n) is 8.45. The summed E-state index contributed by atoms with van der Waals surface area (Å²) in [5, 5.41) is 3.59. The number of hydrogen-bond donors (Lipinski definition) is 1. The highest BCUT2D eigenvalue weighted by Crippen LogP contribution is 2.41. The van der Waals surface area contributed by atoms with Gasteiger partial charge in [-0.25, -0.2) is 4.98 Å². The van der Waals surface area contributed by atoms with Crippen LogP contribution in [0.15, 0.2) is 48.8 Å². The van der Waals surface area contributed by atoms with E-state index < -0.39 is 0 Å². The van der Waals surface area contributed by atoms with Gasteiger partial charge < -0.3 is 14.8 Å². The maximum absolute atomic E-state index is 12.4. The number of imidazole rings is 1. The van der Waals surface area contributed by atoms with E-state index in [4.69, 9.17) is 21.1 Å². The number of halogens is 1. The highest BCUT2D eigenvalue weighted by molar-refractivity contribution is 6.30. The van der Waals surface area contributed by atoms with Crippen LogP contribution in [-0.2, 0) is 4.79 Å². The van der Waals surface area contributed by atoms with Crippen molar-refractivity contribution in [2.24, 2.45) is 0 Å². The Morgan fingerprint density at radius 3 is 2.63 bits per heavy atom. The van der Waals surface area contributed by atoms with E-state index in [0.717, 1.165) is 16.9 Å². The van der Waals surface area contributed by atoms with E-state index in [0.29, 0.717) is 28.8 Å². The molecule has 1 aliphatic rings. The largest absolute Gasteiger partial charge is 0.497 e. The molecule has 1 atom stereocenters. The highest BCUT2D eigenvalue weighted by Gasteiger charge is 2.32. The molecule has 1 N–H and O–H groups in total. The van der Waals surface area contributed by atoms with Gasteiger partial charge in [-0.1, -0.05) is 17.7 Å². The van der Waals surface area contributed by atoms with E-state index in [1.165, 1.54) is 0 Å². The first-order valence-corrected chi connectivity index (χ1v) is 8.83. The van der Waals surface area contributed by atoms with E-state index in [9.17, 15) is 4.79 Å². The van der Waals surface area contributed by atoms with Gasteiger partial charge in [0.2, 0.25) is 5.91 Å². The Morgan fingerprint density at radius 2 is 1.93 bits per heavy atom. The van der Waals surface area contributed by atoms with Crippen LogP contribution in [0.3, 0.4) is 0 Å². The van der Waals surface area contributed by atoms with E-state index in [-0.39, 0.29) is 11.8 Å². The average Bonchev–Trinajstić information content (AvgIpc) is 3.11. The second-order valence-electron chi connectivity index (χ2n) is 6.24. The van der Waals surface area contributed by atoms with Crippen molar-refractivity contribution >= 4 is 23.3 Å². The summed E-state index contributed by atoms with van der Waals surface area (Å²) < 4.78 is 12.7. The van der Waals surface area contributed by atoms with Gasteiger partial charge in [0, 0.05) is 34.7 Å². The minimum atomic E-state index is -0.205. The van der Waals surface area contributed by atoms with Crippen LogP contribution in [0, 0.1) is 0 Å². The zero-order valence-electron chi connectivity index (χ0n) is 14.9. The third-order valence-corrected chi connectivity index (χ3v) is 4.95. The van der Waals surface area contributed by atoms with Crippen molar-refractivity contribution in [2.45, 2.75) is 12.3 Å². The van der Waals surface area contributed by atoms with Gasteiger partial charge in [0.1, 0.15) is 23.6 Å². The van der Waals surface area contributed by atoms with Gasteiger partial charge in [-0.05, 0) is 30.3 Å². The minimum absolute atomic E-state index is 0.0684. The smallest absolute Gasteiger partial charge is 0.226 e. The van der Waals surface area contributed by atoms with Crippen molar-refractivity contribution < 1.29 is 14.3 Å². The van der Waals surface area contributed by atoms with Crippen LogP contribution in [0.1, 0.15) is 23.6 Å². The number of amides is 1. The predicted octanol–water partition coefficient (Wildman–Crippen LogP) is 4.02. The molecule has 2 aromatic carbocycles. The van der Waals surface area contributed by atoms with Gasteiger partial charge in [0.05, 0.1) is 19.9 Å². The molecule has 2 heterocycles. The molecule has 0 aliphatic carbocycles. The number of anilines is 1. The fourth-order valence-corrected chi connectivity index (χ4v) is 3.49. The van der Waals surface area contributed by atoms with Crippen molar-refractivity contribution in [3.8, 4) is 17.2 Å². The lowest BCUT2D eigenvalue weighted by atomic mass is 9.89. The van der Waals surface area contributed by atoms with E-state index >= 15 is 0 Å². The molecule has 1 aliphatic heterocycles. The number of ether oxygens (including phenoxy) is 2. The first kappa shape index (κ1) is 17.4. The normalized spacial score (nSPS) is 15.8. The number of rotatable bonds is 4. The van der Waals surface area contributed by atoms with Crippen LogP contribution >= 0.6 is 11.6 Å². The van der Waals surface area contributed by atoms with Crippen molar-refractivity contribution in [3.63, 3.8) is 0 Å². The number of fused-ring (bicyclic) bond motifs is 1. The van der Waals surface area contributed by atoms with Gasteiger partial charge in [-0.2, -0.15) is 0 Å². The average molecular weight is 384 g/mol. The van der Waals surface area contributed by atoms with Crippen LogP contribution in [0.2, 0.25) is 5.02 Å². The van der Waals surface area contributed by atoms with E-state index in [1.54, 1.807) is 32.7 Å². The molecule has 138 valence electrons. The number of methoxy groups -OCH3 is 2. The molecule has 0 saturated heterocycles. The molecule has 0 bridgehead atoms. The fraction of sp³-hybridized carbons (Fsp3) is 0.200. The highest BCUT2D eigenvalue weighted by atomic mass is 35.5. The molecule has 0 fully saturated rings. The number of benzene rings is 2. The van der Waals surface area contributed by atoms with Gasteiger partial charge in [0.25, 0.3) is 0 Å². The Morgan fingerprint density at radius 1 is 1.15 bits per heavy atom. The lowest BCUT2D eigenvalue weighted by Gasteiger charge is -2.25. The van der Waals surface area contributed by atoms with Crippen LogP contribution in [0.25, 0.3) is 5.69 Å². The Bertz CT molecular complexity index is 998. The number of carbonyl (C=O) groups is 1. The van der Waals surface area contributed by atoms with Crippen LogP contribution in [-0.4, -0.2) is 29.7 Å². The summed E-state index contributed by atoms with van der Waals surface area (Å²) in [4.78, 5) is 17.0. The molecular formula is C20H18ClN3O3. The summed E-state index contributed by atoms with van der Waals surface area (Å²) in [7, 11) is 3.21. The zero-order valence-corrected chi connectivity index (χ0v) is 15.7. The Hall–Kier alpha value is -2.99. The van der Waals surface area contributed by atoms with Crippen molar-refractivity contribution in [1.29, 1.82) is 0 Å². The van der Waals surface area contributed by atoms with Crippen molar-refractivity contribution in [2.75, 3.05) is 19.5 Å². The topological polar surface area (TPSA) is 65.4 Å². The van der Waals surface area contributed by atoms with Gasteiger partial charge in [-0.15, -0.1) is 0 Å². The molecule has 7 heteroatoms. The fourth-order valence-electron chi connectivity index (χ4n) is 3.37. The summed E-state index contributed by atoms with van der Waals surface area (Å²) in [6, 6.07) is 13.0. The second kappa shape index (κ2) is 6.96. The van der Waals surface area contributed by atoms with Gasteiger partial charge in [0.15, 0.2) is 0 Å². The number of nitrogens with zero attached hydrogens (tertiary/aromatic N) is 2. The number of carbonyl (C=O) groups excluding carboxylic acids is 1. The minimum Gasteiger partial charge on any atom is -0.497 e. The summed E-state index contributed by atoms with van der Waals surface area (Å²) in [5.74, 6) is 1.75. The predicted molar refractivity (Wildman–Crippen MR) is 103 cm³/mol. The lowest BCUT2D eigenvalue weighted by molar-refractivity contribution is -0.116. The van der Waals surface area contributed by atoms with Gasteiger partial charge >= 0.3 is 0 Å². The van der Waals surface area contributed by atoms with Gasteiger partial charge in [-0.3, -0.25) is 9.36 Å². The maximum atomic E-state index is 12.4. The van der Waals surface area contributed by atoms with E-state index in [1.807, 2.05) is 34.9 Å². The maximum Gasteiger partial charge on any atom is 0.226 e. The number of nitrogens with one attached hydrogen (secondary N) is 1. The molecular weight excluding hydrogens is 366 g/mol. The van der Waals surface area contributed by atoms with Crippen LogP contribution in [0.5, 0.6) is 11.5 Å². The SMILES string of the molecule is COc1ccc([C@@H]2CC(=O)Nc3c2ncn3-c2ccc(Cl)cc2)c(OC)c1. The molecule has 3 aromatic rings. The summed E-state index contributed by atoms with van der Waals surface area (Å²) in [6.07, 6.45) is 2.01. The number of aromatic nitrogens is 2. The monoisotopic (exact) mass is 383 g/mol. The van der Waals surface area contributed by atoms with Crippen molar-refractivity contribution in [3.05, 3.63) is 65.1 Å². The van der Waals surface area contributed by atoms with Crippen molar-refractivity contribution in [1.82, 2.24) is 9.55 Å². The quantitative estimate of drug-likeness (QED) is 0.739. The molecule has 0 spiro atoms. The Kier molecular flexibility index (Phi) is 4.49. The lowest BCUT2D eigenvalue weighted by Crippen LogP contribution is -2.25. The third kappa shape index (κ3) is 3.13. The number of hydrogen-bond acceptors (Lipinski definition) is 4. The zero-order chi connectivity index (χ0) is 19.0. The molecule has 0 unspecified atom stereocenters. The summed E-state index contributed by atoms with van der Waals surface area (Å²) >= 11 is 5.98. The molecule has 1 aromatic heterocycles. The first-order chi connectivity index (χ1) is 13.1. The third-order valence-electron chi connectivity index (χ3n) is 4.69. The summed E-state index contributed by atoms with van der Waals surface area (Å²) in [5.41, 5.74) is 2.57. The van der Waals surface area contributed by atoms with Crippen LogP contribution < -0.4 is 14.8 Å². The Balaban J connectivity index is 1.81. The van der Waals surface area contributed by atoms with E-state index in [2.05, 4.69) is 10.3 Å². The molecule has 1 amide bonds. The van der Waals surface area contributed by atoms with Crippen LogP contribution in [0.4, 0.5) is 5.82 Å².